The van der Waals surface area contributed by atoms with Crippen LogP contribution < -0.4 is 10.2 Å². The summed E-state index contributed by atoms with van der Waals surface area (Å²) in [5, 5.41) is 4.76. The number of benzene rings is 4. The Morgan fingerprint density at radius 2 is 1.63 bits per heavy atom. The Morgan fingerprint density at radius 1 is 0.868 bits per heavy atom. The minimum atomic E-state index is -0.285. The largest absolute Gasteiger partial charge is 0.378 e. The highest BCUT2D eigenvalue weighted by atomic mass is 32.1. The Hall–Kier alpha value is -3.87. The van der Waals surface area contributed by atoms with E-state index in [0.717, 1.165) is 62.6 Å². The molecule has 1 aliphatic rings. The Bertz CT molecular complexity index is 1630. The molecule has 0 aliphatic carbocycles. The molecule has 1 saturated heterocycles. The number of nitrogens with one attached hydrogen (secondary N) is 1. The van der Waals surface area contributed by atoms with Crippen LogP contribution in [0.15, 0.2) is 95.9 Å². The van der Waals surface area contributed by atoms with Gasteiger partial charge in [0.15, 0.2) is 0 Å². The number of aromatic nitrogens is 1. The quantitative estimate of drug-likeness (QED) is 0.231. The fraction of sp³-hybridized carbons (Fsp3) is 0.156. The van der Waals surface area contributed by atoms with E-state index in [4.69, 9.17) is 9.72 Å². The Kier molecular flexibility index (Phi) is 6.75. The SMILES string of the molecule is Cc1c(-c2ccccc2F)nc2ccccc2c1Nc1cc(-c2cccc(S)c2)ccc1N1CCOCC1. The lowest BCUT2D eigenvalue weighted by molar-refractivity contribution is 0.123. The molecule has 5 aromatic rings. The van der Waals surface area contributed by atoms with Gasteiger partial charge in [0.2, 0.25) is 0 Å². The summed E-state index contributed by atoms with van der Waals surface area (Å²) in [6, 6.07) is 29.5. The van der Waals surface area contributed by atoms with E-state index in [-0.39, 0.29) is 5.82 Å². The van der Waals surface area contributed by atoms with Crippen LogP contribution in [0, 0.1) is 12.7 Å². The summed E-state index contributed by atoms with van der Waals surface area (Å²) in [5.41, 5.74) is 8.02. The molecule has 0 amide bonds. The maximum Gasteiger partial charge on any atom is 0.132 e. The van der Waals surface area contributed by atoms with Crippen LogP contribution in [0.1, 0.15) is 5.56 Å². The van der Waals surface area contributed by atoms with E-state index >= 15 is 0 Å². The second kappa shape index (κ2) is 10.5. The first-order valence-electron chi connectivity index (χ1n) is 12.8. The van der Waals surface area contributed by atoms with Gasteiger partial charge in [0.25, 0.3) is 0 Å². The number of para-hydroxylation sites is 1. The zero-order valence-electron chi connectivity index (χ0n) is 21.1. The molecule has 1 aromatic heterocycles. The van der Waals surface area contributed by atoms with Crippen LogP contribution in [0.5, 0.6) is 0 Å². The van der Waals surface area contributed by atoms with Crippen molar-refractivity contribution in [2.45, 2.75) is 11.8 Å². The molecule has 0 unspecified atom stereocenters. The number of pyridine rings is 1. The number of halogens is 1. The number of rotatable bonds is 5. The van der Waals surface area contributed by atoms with E-state index in [1.54, 1.807) is 12.1 Å². The summed E-state index contributed by atoms with van der Waals surface area (Å²) in [4.78, 5) is 8.14. The number of thiol groups is 1. The van der Waals surface area contributed by atoms with Crippen molar-refractivity contribution < 1.29 is 9.13 Å². The number of anilines is 3. The van der Waals surface area contributed by atoms with Crippen molar-refractivity contribution in [2.75, 3.05) is 36.5 Å². The Balaban J connectivity index is 1.53. The lowest BCUT2D eigenvalue weighted by atomic mass is 10.00. The molecule has 6 rings (SSSR count). The first-order valence-corrected chi connectivity index (χ1v) is 13.2. The number of hydrogen-bond acceptors (Lipinski definition) is 5. The summed E-state index contributed by atoms with van der Waals surface area (Å²) >= 11 is 4.55. The molecule has 6 heteroatoms. The van der Waals surface area contributed by atoms with Gasteiger partial charge in [-0.15, -0.1) is 12.6 Å². The molecule has 1 aliphatic heterocycles. The van der Waals surface area contributed by atoms with Crippen molar-refractivity contribution in [1.82, 2.24) is 4.98 Å². The molecule has 1 fully saturated rings. The average Bonchev–Trinajstić information content (AvgIpc) is 2.95. The minimum absolute atomic E-state index is 0.285. The molecule has 0 atom stereocenters. The molecule has 1 N–H and O–H groups in total. The van der Waals surface area contributed by atoms with E-state index in [1.165, 1.54) is 6.07 Å². The lowest BCUT2D eigenvalue weighted by Gasteiger charge is -2.31. The summed E-state index contributed by atoms with van der Waals surface area (Å²) in [6.07, 6.45) is 0. The van der Waals surface area contributed by atoms with Crippen molar-refractivity contribution in [3.8, 4) is 22.4 Å². The summed E-state index contributed by atoms with van der Waals surface area (Å²) < 4.78 is 20.5. The molecular weight excluding hydrogens is 493 g/mol. The van der Waals surface area contributed by atoms with Gasteiger partial charge in [0.1, 0.15) is 5.82 Å². The van der Waals surface area contributed by atoms with Gasteiger partial charge in [-0.25, -0.2) is 9.37 Å². The van der Waals surface area contributed by atoms with Crippen LogP contribution in [0.3, 0.4) is 0 Å². The van der Waals surface area contributed by atoms with Crippen LogP contribution in [-0.2, 0) is 4.74 Å². The molecule has 0 saturated carbocycles. The van der Waals surface area contributed by atoms with Crippen LogP contribution >= 0.6 is 12.6 Å². The first kappa shape index (κ1) is 24.5. The maximum absolute atomic E-state index is 14.9. The van der Waals surface area contributed by atoms with Crippen molar-refractivity contribution in [2.24, 2.45) is 0 Å². The van der Waals surface area contributed by atoms with Gasteiger partial charge in [-0.05, 0) is 66.1 Å². The topological polar surface area (TPSA) is 37.4 Å². The molecule has 190 valence electrons. The van der Waals surface area contributed by atoms with Crippen molar-refractivity contribution in [3.63, 3.8) is 0 Å². The van der Waals surface area contributed by atoms with Gasteiger partial charge in [-0.2, -0.15) is 0 Å². The number of nitrogens with zero attached hydrogens (tertiary/aromatic N) is 2. The summed E-state index contributed by atoms with van der Waals surface area (Å²) in [6.45, 7) is 5.02. The molecule has 0 spiro atoms. The Morgan fingerprint density at radius 3 is 2.45 bits per heavy atom. The maximum atomic E-state index is 14.9. The smallest absolute Gasteiger partial charge is 0.132 e. The number of hydrogen-bond donors (Lipinski definition) is 2. The van der Waals surface area contributed by atoms with E-state index in [9.17, 15) is 4.39 Å². The fourth-order valence-corrected chi connectivity index (χ4v) is 5.32. The molecule has 4 aromatic carbocycles. The van der Waals surface area contributed by atoms with Crippen LogP contribution in [0.4, 0.5) is 21.5 Å². The third-order valence-corrected chi connectivity index (χ3v) is 7.33. The average molecular weight is 522 g/mol. The van der Waals surface area contributed by atoms with Crippen molar-refractivity contribution in [3.05, 3.63) is 102 Å². The highest BCUT2D eigenvalue weighted by Gasteiger charge is 2.20. The van der Waals surface area contributed by atoms with E-state index in [0.29, 0.717) is 24.5 Å². The zero-order chi connectivity index (χ0) is 26.1. The molecule has 0 bridgehead atoms. The van der Waals surface area contributed by atoms with Crippen LogP contribution in [0.25, 0.3) is 33.3 Å². The minimum Gasteiger partial charge on any atom is -0.378 e. The van der Waals surface area contributed by atoms with Crippen molar-refractivity contribution >= 4 is 40.6 Å². The highest BCUT2D eigenvalue weighted by molar-refractivity contribution is 7.80. The zero-order valence-corrected chi connectivity index (χ0v) is 22.0. The molecule has 4 nitrogen and oxygen atoms in total. The second-order valence-electron chi connectivity index (χ2n) is 9.46. The standard InChI is InChI=1S/C32H28FN3OS/c1-21-31(25-9-2-4-11-27(25)33)34-28-12-5-3-10-26(28)32(21)35-29-20-23(22-7-6-8-24(38)19-22)13-14-30(29)36-15-17-37-18-16-36/h2-14,19-20,38H,15-18H2,1H3,(H,34,35). The summed E-state index contributed by atoms with van der Waals surface area (Å²) in [5.74, 6) is -0.285. The third-order valence-electron chi connectivity index (χ3n) is 7.05. The van der Waals surface area contributed by atoms with Crippen LogP contribution in [-0.4, -0.2) is 31.3 Å². The van der Waals surface area contributed by atoms with Crippen LogP contribution in [0.2, 0.25) is 0 Å². The second-order valence-corrected chi connectivity index (χ2v) is 9.98. The fourth-order valence-electron chi connectivity index (χ4n) is 5.10. The van der Waals surface area contributed by atoms with Gasteiger partial charge < -0.3 is 15.0 Å². The van der Waals surface area contributed by atoms with Gasteiger partial charge in [-0.1, -0.05) is 48.5 Å². The monoisotopic (exact) mass is 521 g/mol. The highest BCUT2D eigenvalue weighted by Crippen LogP contribution is 2.40. The summed E-state index contributed by atoms with van der Waals surface area (Å²) in [7, 11) is 0. The van der Waals surface area contributed by atoms with Gasteiger partial charge in [0, 0.05) is 28.9 Å². The van der Waals surface area contributed by atoms with E-state index in [2.05, 4.69) is 59.2 Å². The third kappa shape index (κ3) is 4.73. The van der Waals surface area contributed by atoms with Gasteiger partial charge in [-0.3, -0.25) is 0 Å². The van der Waals surface area contributed by atoms with Gasteiger partial charge in [0.05, 0.1) is 41.5 Å². The van der Waals surface area contributed by atoms with Crippen molar-refractivity contribution in [1.29, 1.82) is 0 Å². The molecule has 0 radical (unpaired) electrons. The lowest BCUT2D eigenvalue weighted by Crippen LogP contribution is -2.36. The molecular formula is C32H28FN3OS. The number of fused-ring (bicyclic) bond motifs is 1. The van der Waals surface area contributed by atoms with E-state index in [1.807, 2.05) is 43.3 Å². The predicted molar refractivity (Wildman–Crippen MR) is 157 cm³/mol. The predicted octanol–water partition coefficient (Wildman–Crippen LogP) is 7.89. The molecule has 2 heterocycles. The normalized spacial score (nSPS) is 13.6. The first-order chi connectivity index (χ1) is 18.6. The Labute approximate surface area is 227 Å². The van der Waals surface area contributed by atoms with Gasteiger partial charge >= 0.3 is 0 Å². The molecule has 38 heavy (non-hydrogen) atoms. The van der Waals surface area contributed by atoms with E-state index < -0.39 is 0 Å². The number of ether oxygens (including phenoxy) is 1. The number of morpholine rings is 1.